The zero-order valence-electron chi connectivity index (χ0n) is 23.3. The van der Waals surface area contributed by atoms with Crippen molar-refractivity contribution in [2.24, 2.45) is 0 Å². The zero-order valence-corrected chi connectivity index (χ0v) is 23.3. The molecule has 3 aromatic rings. The molecule has 5 rings (SSSR count). The molecule has 0 aliphatic carbocycles. The predicted octanol–water partition coefficient (Wildman–Crippen LogP) is 2.56. The van der Waals surface area contributed by atoms with Gasteiger partial charge >= 0.3 is 6.09 Å². The lowest BCUT2D eigenvalue weighted by Gasteiger charge is -2.22. The number of likely N-dealkylation sites (tertiary alicyclic amines) is 1. The van der Waals surface area contributed by atoms with Gasteiger partial charge < -0.3 is 29.9 Å². The number of carbonyl (C=O) groups is 1. The number of carbonyl (C=O) groups excluding carboxylic acids is 1. The summed E-state index contributed by atoms with van der Waals surface area (Å²) in [4.78, 5) is 25.5. The number of anilines is 3. The number of ether oxygens (including phenoxy) is 2. The molecular weight excluding hydrogens is 507 g/mol. The molecule has 2 saturated heterocycles. The summed E-state index contributed by atoms with van der Waals surface area (Å²) < 4.78 is 29.5. The third-order valence-corrected chi connectivity index (χ3v) is 6.90. The molecule has 0 saturated carbocycles. The summed E-state index contributed by atoms with van der Waals surface area (Å²) in [6.07, 6.45) is 3.39. The second-order valence-electron chi connectivity index (χ2n) is 11.1. The summed E-state index contributed by atoms with van der Waals surface area (Å²) in [5, 5.41) is 15.3. The van der Waals surface area contributed by atoms with Crippen LogP contribution in [0.2, 0.25) is 0 Å². The Labute approximate surface area is 226 Å². The van der Waals surface area contributed by atoms with Crippen molar-refractivity contribution in [1.82, 2.24) is 39.6 Å². The number of halogens is 1. The van der Waals surface area contributed by atoms with Gasteiger partial charge in [0.1, 0.15) is 17.5 Å². The molecule has 14 heteroatoms. The first kappa shape index (κ1) is 26.9. The molecule has 0 aromatic carbocycles. The van der Waals surface area contributed by atoms with E-state index in [0.29, 0.717) is 35.4 Å². The van der Waals surface area contributed by atoms with Gasteiger partial charge in [0.25, 0.3) is 5.88 Å². The van der Waals surface area contributed by atoms with Crippen molar-refractivity contribution in [2.75, 3.05) is 50.6 Å². The minimum absolute atomic E-state index is 0.0258. The molecule has 2 aliphatic rings. The fourth-order valence-corrected chi connectivity index (χ4v) is 4.95. The first-order chi connectivity index (χ1) is 18.5. The highest BCUT2D eigenvalue weighted by Crippen LogP contribution is 2.32. The summed E-state index contributed by atoms with van der Waals surface area (Å²) in [5.74, 6) is 1.20. The SMILES string of the molecule is CCc1cnc2c(Nc3cn([C@@H]4CCN(C)C4)nc3OC)nc(N3C[C@@H](F)[C@H](NC(=O)OC(C)(C)C)C3)nn12. The summed E-state index contributed by atoms with van der Waals surface area (Å²) in [5.41, 5.74) is 1.38. The number of amides is 1. The van der Waals surface area contributed by atoms with E-state index in [4.69, 9.17) is 14.5 Å². The molecule has 0 bridgehead atoms. The average molecular weight is 545 g/mol. The van der Waals surface area contributed by atoms with Gasteiger partial charge in [0, 0.05) is 13.1 Å². The van der Waals surface area contributed by atoms with Gasteiger partial charge in [-0.05, 0) is 47.2 Å². The van der Waals surface area contributed by atoms with Crippen LogP contribution in [0.25, 0.3) is 5.65 Å². The number of fused-ring (bicyclic) bond motifs is 1. The van der Waals surface area contributed by atoms with E-state index in [1.165, 1.54) is 0 Å². The lowest BCUT2D eigenvalue weighted by atomic mass is 10.2. The second kappa shape index (κ2) is 10.5. The fraction of sp³-hybridized carbons (Fsp3) is 0.640. The van der Waals surface area contributed by atoms with Crippen molar-refractivity contribution in [3.8, 4) is 5.88 Å². The van der Waals surface area contributed by atoms with Crippen molar-refractivity contribution in [3.05, 3.63) is 18.1 Å². The second-order valence-corrected chi connectivity index (χ2v) is 11.1. The van der Waals surface area contributed by atoms with Crippen LogP contribution in [-0.4, -0.2) is 98.5 Å². The highest BCUT2D eigenvalue weighted by molar-refractivity contribution is 5.73. The standard InChI is InChI=1S/C25H37FN10O3/c1-7-15-10-27-21-20(28-19-14-35(31-22(19)38-6)16-8-9-33(5)11-16)30-23(32-36(15)21)34-12-17(26)18(13-34)29-24(37)39-25(2,3)4/h10,14,16-18H,7-9,11-13H2,1-6H3,(H,29,37)(H,28,30,32)/t16-,17-,18-/m1/s1. The van der Waals surface area contributed by atoms with E-state index in [0.717, 1.165) is 25.2 Å². The summed E-state index contributed by atoms with van der Waals surface area (Å²) in [6, 6.07) is -0.508. The molecule has 0 spiro atoms. The first-order valence-corrected chi connectivity index (χ1v) is 13.3. The van der Waals surface area contributed by atoms with Crippen molar-refractivity contribution in [2.45, 2.75) is 64.4 Å². The van der Waals surface area contributed by atoms with Gasteiger partial charge in [-0.2, -0.15) is 4.98 Å². The van der Waals surface area contributed by atoms with Crippen LogP contribution in [0.5, 0.6) is 5.88 Å². The molecule has 2 N–H and O–H groups in total. The van der Waals surface area contributed by atoms with Crippen LogP contribution < -0.4 is 20.3 Å². The smallest absolute Gasteiger partial charge is 0.408 e. The Morgan fingerprint density at radius 1 is 1.23 bits per heavy atom. The Hall–Kier alpha value is -3.68. The Balaban J connectivity index is 1.42. The van der Waals surface area contributed by atoms with Gasteiger partial charge in [-0.3, -0.25) is 4.68 Å². The summed E-state index contributed by atoms with van der Waals surface area (Å²) in [7, 11) is 3.67. The van der Waals surface area contributed by atoms with Crippen LogP contribution in [0.4, 0.5) is 26.6 Å². The molecule has 5 heterocycles. The van der Waals surface area contributed by atoms with Crippen molar-refractivity contribution in [1.29, 1.82) is 0 Å². The summed E-state index contributed by atoms with van der Waals surface area (Å²) in [6.45, 7) is 9.44. The van der Waals surface area contributed by atoms with Crippen molar-refractivity contribution < 1.29 is 18.7 Å². The van der Waals surface area contributed by atoms with E-state index in [1.807, 2.05) is 17.8 Å². The highest BCUT2D eigenvalue weighted by atomic mass is 19.1. The number of nitrogens with one attached hydrogen (secondary N) is 2. The topological polar surface area (TPSA) is 127 Å². The number of rotatable bonds is 7. The number of likely N-dealkylation sites (N-methyl/N-ethyl adjacent to an activating group) is 1. The van der Waals surface area contributed by atoms with Crippen LogP contribution >= 0.6 is 0 Å². The van der Waals surface area contributed by atoms with E-state index >= 15 is 4.39 Å². The maximum absolute atomic E-state index is 15.0. The van der Waals surface area contributed by atoms with Crippen LogP contribution in [0.1, 0.15) is 45.9 Å². The van der Waals surface area contributed by atoms with E-state index in [9.17, 15) is 4.79 Å². The van der Waals surface area contributed by atoms with Crippen LogP contribution in [0, 0.1) is 0 Å². The number of imidazole rings is 1. The van der Waals surface area contributed by atoms with Gasteiger partial charge in [-0.15, -0.1) is 10.2 Å². The van der Waals surface area contributed by atoms with Gasteiger partial charge in [0.2, 0.25) is 5.95 Å². The highest BCUT2D eigenvalue weighted by Gasteiger charge is 2.37. The van der Waals surface area contributed by atoms with E-state index < -0.39 is 23.9 Å². The monoisotopic (exact) mass is 544 g/mol. The lowest BCUT2D eigenvalue weighted by Crippen LogP contribution is -2.44. The Kier molecular flexibility index (Phi) is 7.23. The number of alkyl halides is 1. The van der Waals surface area contributed by atoms with E-state index in [2.05, 4.69) is 37.8 Å². The number of hydrogen-bond donors (Lipinski definition) is 2. The van der Waals surface area contributed by atoms with Crippen LogP contribution in [0.15, 0.2) is 12.4 Å². The quantitative estimate of drug-likeness (QED) is 0.458. The molecule has 13 nitrogen and oxygen atoms in total. The van der Waals surface area contributed by atoms with Crippen molar-refractivity contribution in [3.63, 3.8) is 0 Å². The first-order valence-electron chi connectivity index (χ1n) is 13.3. The summed E-state index contributed by atoms with van der Waals surface area (Å²) >= 11 is 0. The van der Waals surface area contributed by atoms with Gasteiger partial charge in [0.15, 0.2) is 11.5 Å². The maximum atomic E-state index is 15.0. The molecule has 0 unspecified atom stereocenters. The molecule has 0 radical (unpaired) electrons. The number of aryl methyl sites for hydroxylation is 1. The minimum atomic E-state index is -1.32. The van der Waals surface area contributed by atoms with Crippen LogP contribution in [-0.2, 0) is 11.2 Å². The molecule has 1 amide bonds. The van der Waals surface area contributed by atoms with Gasteiger partial charge in [-0.1, -0.05) is 6.92 Å². The van der Waals surface area contributed by atoms with E-state index in [1.54, 1.807) is 43.5 Å². The normalized spacial score (nSPS) is 22.0. The molecular formula is C25H37FN10O3. The zero-order chi connectivity index (χ0) is 27.9. The molecule has 3 atom stereocenters. The molecule has 3 aromatic heterocycles. The van der Waals surface area contributed by atoms with Gasteiger partial charge in [-0.25, -0.2) is 18.7 Å². The molecule has 2 aliphatic heterocycles. The van der Waals surface area contributed by atoms with Gasteiger partial charge in [0.05, 0.1) is 43.8 Å². The third-order valence-electron chi connectivity index (χ3n) is 6.90. The minimum Gasteiger partial charge on any atom is -0.478 e. The number of nitrogens with zero attached hydrogens (tertiary/aromatic N) is 8. The maximum Gasteiger partial charge on any atom is 0.408 e. The number of methoxy groups -OCH3 is 1. The average Bonchev–Trinajstić information content (AvgIpc) is 3.64. The number of aromatic nitrogens is 6. The van der Waals surface area contributed by atoms with Crippen LogP contribution in [0.3, 0.4) is 0 Å². The Morgan fingerprint density at radius 3 is 2.69 bits per heavy atom. The largest absolute Gasteiger partial charge is 0.478 e. The predicted molar refractivity (Wildman–Crippen MR) is 144 cm³/mol. The lowest BCUT2D eigenvalue weighted by molar-refractivity contribution is 0.0490. The van der Waals surface area contributed by atoms with E-state index in [-0.39, 0.29) is 19.1 Å². The molecule has 2 fully saturated rings. The number of alkyl carbamates (subject to hydrolysis) is 1. The molecule has 212 valence electrons. The molecule has 39 heavy (non-hydrogen) atoms. The third kappa shape index (κ3) is 5.70. The van der Waals surface area contributed by atoms with Crippen molar-refractivity contribution >= 4 is 29.2 Å². The Morgan fingerprint density at radius 2 is 2.03 bits per heavy atom. The fourth-order valence-electron chi connectivity index (χ4n) is 4.95. The Bertz CT molecular complexity index is 1340. The number of hydrogen-bond acceptors (Lipinski definition) is 10.